The molecule has 5 heteroatoms. The fourth-order valence-electron chi connectivity index (χ4n) is 2.59. The van der Waals surface area contributed by atoms with Gasteiger partial charge in [-0.15, -0.1) is 0 Å². The van der Waals surface area contributed by atoms with Crippen LogP contribution >= 0.6 is 0 Å². The molecule has 0 atom stereocenters. The summed E-state index contributed by atoms with van der Waals surface area (Å²) < 4.78 is 6.85. The fourth-order valence-corrected chi connectivity index (χ4v) is 2.59. The molecule has 5 nitrogen and oxygen atoms in total. The van der Waals surface area contributed by atoms with E-state index in [0.29, 0.717) is 24.6 Å². The van der Waals surface area contributed by atoms with Gasteiger partial charge in [0.2, 0.25) is 0 Å². The number of carbonyl (C=O) groups is 1. The molecule has 0 fully saturated rings. The number of benzene rings is 1. The zero-order valence-corrected chi connectivity index (χ0v) is 14.2. The molecule has 124 valence electrons. The van der Waals surface area contributed by atoms with Crippen LogP contribution in [0.5, 0.6) is 0 Å². The highest BCUT2D eigenvalue weighted by Gasteiger charge is 2.11. The molecule has 0 radical (unpaired) electrons. The smallest absolute Gasteiger partial charge is 0.339 e. The first kappa shape index (κ1) is 16.2. The standard InChI is InChI=1S/C19H21N3O2/c1-4-24-19(23)17-9-16-11-21-22(18(16)20-10-17)12-14-5-7-15(8-6-14)13(2)3/h5-11,13H,4,12H2,1-3H3. The Morgan fingerprint density at radius 1 is 1.21 bits per heavy atom. The maximum atomic E-state index is 11.8. The van der Waals surface area contributed by atoms with Crippen LogP contribution in [0.25, 0.3) is 11.0 Å². The van der Waals surface area contributed by atoms with Crippen LogP contribution in [0.15, 0.2) is 42.7 Å². The number of hydrogen-bond acceptors (Lipinski definition) is 4. The van der Waals surface area contributed by atoms with Gasteiger partial charge in [0.15, 0.2) is 5.65 Å². The van der Waals surface area contributed by atoms with Gasteiger partial charge in [-0.25, -0.2) is 14.5 Å². The van der Waals surface area contributed by atoms with E-state index in [-0.39, 0.29) is 5.97 Å². The van der Waals surface area contributed by atoms with Gasteiger partial charge in [-0.3, -0.25) is 0 Å². The quantitative estimate of drug-likeness (QED) is 0.671. The molecule has 0 aliphatic rings. The average Bonchev–Trinajstić information content (AvgIpc) is 2.98. The van der Waals surface area contributed by atoms with E-state index in [2.05, 4.69) is 48.2 Å². The van der Waals surface area contributed by atoms with Gasteiger partial charge in [-0.2, -0.15) is 5.10 Å². The highest BCUT2D eigenvalue weighted by molar-refractivity contribution is 5.92. The van der Waals surface area contributed by atoms with Crippen LogP contribution in [-0.4, -0.2) is 27.3 Å². The molecule has 24 heavy (non-hydrogen) atoms. The minimum atomic E-state index is -0.357. The molecule has 0 aliphatic heterocycles. The van der Waals surface area contributed by atoms with Crippen molar-refractivity contribution in [2.75, 3.05) is 6.61 Å². The number of rotatable bonds is 5. The fraction of sp³-hybridized carbons (Fsp3) is 0.316. The number of carbonyl (C=O) groups excluding carboxylic acids is 1. The lowest BCUT2D eigenvalue weighted by Crippen LogP contribution is -2.06. The predicted molar refractivity (Wildman–Crippen MR) is 93.1 cm³/mol. The normalized spacial score (nSPS) is 11.2. The van der Waals surface area contributed by atoms with E-state index in [9.17, 15) is 4.79 Å². The third kappa shape index (κ3) is 3.30. The number of aromatic nitrogens is 3. The van der Waals surface area contributed by atoms with Crippen LogP contribution in [0, 0.1) is 0 Å². The monoisotopic (exact) mass is 323 g/mol. The van der Waals surface area contributed by atoms with Gasteiger partial charge in [-0.1, -0.05) is 38.1 Å². The molecule has 2 aromatic heterocycles. The van der Waals surface area contributed by atoms with Crippen molar-refractivity contribution in [1.82, 2.24) is 14.8 Å². The van der Waals surface area contributed by atoms with E-state index in [1.807, 2.05) is 4.68 Å². The molecular formula is C19H21N3O2. The molecule has 0 saturated heterocycles. The molecule has 0 N–H and O–H groups in total. The Balaban J connectivity index is 1.84. The summed E-state index contributed by atoms with van der Waals surface area (Å²) in [5.41, 5.74) is 3.70. The lowest BCUT2D eigenvalue weighted by molar-refractivity contribution is 0.0526. The van der Waals surface area contributed by atoms with Crippen molar-refractivity contribution in [3.05, 3.63) is 59.4 Å². The first-order valence-electron chi connectivity index (χ1n) is 8.16. The van der Waals surface area contributed by atoms with Crippen molar-refractivity contribution in [1.29, 1.82) is 0 Å². The number of fused-ring (bicyclic) bond motifs is 1. The zero-order chi connectivity index (χ0) is 17.1. The van der Waals surface area contributed by atoms with Crippen LogP contribution in [-0.2, 0) is 11.3 Å². The molecule has 0 unspecified atom stereocenters. The molecule has 0 bridgehead atoms. The SMILES string of the molecule is CCOC(=O)c1cnc2c(cnn2Cc2ccc(C(C)C)cc2)c1. The number of ether oxygens (including phenoxy) is 1. The summed E-state index contributed by atoms with van der Waals surface area (Å²) >= 11 is 0. The van der Waals surface area contributed by atoms with Gasteiger partial charge in [0.25, 0.3) is 0 Å². The van der Waals surface area contributed by atoms with Crippen molar-refractivity contribution in [2.24, 2.45) is 0 Å². The topological polar surface area (TPSA) is 57.0 Å². The maximum Gasteiger partial charge on any atom is 0.339 e. The van der Waals surface area contributed by atoms with Crippen molar-refractivity contribution >= 4 is 17.0 Å². The second kappa shape index (κ2) is 6.83. The molecule has 0 amide bonds. The number of nitrogens with zero attached hydrogens (tertiary/aromatic N) is 3. The van der Waals surface area contributed by atoms with Gasteiger partial charge >= 0.3 is 5.97 Å². The van der Waals surface area contributed by atoms with Gasteiger partial charge < -0.3 is 4.74 Å². The summed E-state index contributed by atoms with van der Waals surface area (Å²) in [6.07, 6.45) is 3.27. The number of esters is 1. The predicted octanol–water partition coefficient (Wildman–Crippen LogP) is 3.78. The Kier molecular flexibility index (Phi) is 4.60. The summed E-state index contributed by atoms with van der Waals surface area (Å²) in [4.78, 5) is 16.2. The second-order valence-corrected chi connectivity index (χ2v) is 6.06. The lowest BCUT2D eigenvalue weighted by Gasteiger charge is -2.08. The number of pyridine rings is 1. The third-order valence-electron chi connectivity index (χ3n) is 3.97. The van der Waals surface area contributed by atoms with Gasteiger partial charge in [-0.05, 0) is 30.0 Å². The highest BCUT2D eigenvalue weighted by atomic mass is 16.5. The molecular weight excluding hydrogens is 302 g/mol. The van der Waals surface area contributed by atoms with Crippen LogP contribution in [0.2, 0.25) is 0 Å². The second-order valence-electron chi connectivity index (χ2n) is 6.06. The largest absolute Gasteiger partial charge is 0.462 e. The van der Waals surface area contributed by atoms with Crippen LogP contribution in [0.3, 0.4) is 0 Å². The van der Waals surface area contributed by atoms with Crippen molar-refractivity contribution in [3.63, 3.8) is 0 Å². The first-order chi connectivity index (χ1) is 11.6. The van der Waals surface area contributed by atoms with E-state index >= 15 is 0 Å². The molecule has 0 aliphatic carbocycles. The molecule has 3 rings (SSSR count). The molecule has 2 heterocycles. The van der Waals surface area contributed by atoms with Crippen LogP contribution in [0.4, 0.5) is 0 Å². The highest BCUT2D eigenvalue weighted by Crippen LogP contribution is 2.18. The maximum absolute atomic E-state index is 11.8. The van der Waals surface area contributed by atoms with E-state index in [4.69, 9.17) is 4.74 Å². The van der Waals surface area contributed by atoms with Crippen LogP contribution < -0.4 is 0 Å². The Hall–Kier alpha value is -2.69. The van der Waals surface area contributed by atoms with Crippen molar-refractivity contribution in [3.8, 4) is 0 Å². The first-order valence-corrected chi connectivity index (χ1v) is 8.16. The minimum absolute atomic E-state index is 0.350. The third-order valence-corrected chi connectivity index (χ3v) is 3.97. The van der Waals surface area contributed by atoms with Crippen LogP contribution in [0.1, 0.15) is 48.2 Å². The average molecular weight is 323 g/mol. The summed E-state index contributed by atoms with van der Waals surface area (Å²) in [6.45, 7) is 7.14. The van der Waals surface area contributed by atoms with Crippen molar-refractivity contribution in [2.45, 2.75) is 33.2 Å². The van der Waals surface area contributed by atoms with Gasteiger partial charge in [0, 0.05) is 11.6 Å². The molecule has 1 aromatic carbocycles. The zero-order valence-electron chi connectivity index (χ0n) is 14.2. The molecule has 0 saturated carbocycles. The molecule has 0 spiro atoms. The Labute approximate surface area is 141 Å². The minimum Gasteiger partial charge on any atom is -0.462 e. The summed E-state index contributed by atoms with van der Waals surface area (Å²) in [5, 5.41) is 5.23. The van der Waals surface area contributed by atoms with E-state index in [1.165, 1.54) is 11.1 Å². The van der Waals surface area contributed by atoms with Crippen molar-refractivity contribution < 1.29 is 9.53 Å². The Bertz CT molecular complexity index is 851. The van der Waals surface area contributed by atoms with E-state index < -0.39 is 0 Å². The summed E-state index contributed by atoms with van der Waals surface area (Å²) in [7, 11) is 0. The van der Waals surface area contributed by atoms with E-state index in [0.717, 1.165) is 11.0 Å². The Morgan fingerprint density at radius 2 is 1.96 bits per heavy atom. The summed E-state index contributed by atoms with van der Waals surface area (Å²) in [5.74, 6) is 0.163. The van der Waals surface area contributed by atoms with Gasteiger partial charge in [0.05, 0.1) is 24.9 Å². The Morgan fingerprint density at radius 3 is 2.62 bits per heavy atom. The number of hydrogen-bond donors (Lipinski definition) is 0. The molecule has 3 aromatic rings. The van der Waals surface area contributed by atoms with Gasteiger partial charge in [0.1, 0.15) is 0 Å². The summed E-state index contributed by atoms with van der Waals surface area (Å²) in [6, 6.07) is 10.3. The van der Waals surface area contributed by atoms with E-state index in [1.54, 1.807) is 25.4 Å². The lowest BCUT2D eigenvalue weighted by atomic mass is 10.0.